The van der Waals surface area contributed by atoms with Crippen LogP contribution in [0.25, 0.3) is 79.2 Å². The van der Waals surface area contributed by atoms with Crippen LogP contribution in [0.3, 0.4) is 0 Å². The number of halogens is 7. The van der Waals surface area contributed by atoms with Crippen molar-refractivity contribution in [2.45, 2.75) is 6.18 Å². The maximum atomic E-state index is 13.6. The van der Waals surface area contributed by atoms with E-state index < -0.39 is 11.9 Å². The van der Waals surface area contributed by atoms with Crippen molar-refractivity contribution in [3.63, 3.8) is 0 Å². The number of alkyl halides is 3. The van der Waals surface area contributed by atoms with E-state index in [1.165, 1.54) is 54.7 Å². The summed E-state index contributed by atoms with van der Waals surface area (Å²) in [5.74, 6) is -1.32. The van der Waals surface area contributed by atoms with Crippen LogP contribution in [0.4, 0.5) is 30.7 Å². The van der Waals surface area contributed by atoms with E-state index in [1.54, 1.807) is 54.6 Å². The van der Waals surface area contributed by atoms with Gasteiger partial charge in [0.1, 0.15) is 17.3 Å². The predicted octanol–water partition coefficient (Wildman–Crippen LogP) is 14.1. The third kappa shape index (κ3) is 12.2. The molecule has 0 fully saturated rings. The molecule has 0 N–H and O–H groups in total. The number of aromatic nitrogens is 7. The molecule has 0 atom stereocenters. The van der Waals surface area contributed by atoms with Crippen LogP contribution in [-0.4, -0.2) is 19.2 Å². The average molecular weight is 1220 g/mol. The van der Waals surface area contributed by atoms with Gasteiger partial charge in [0.25, 0.3) is 12.7 Å². The summed E-state index contributed by atoms with van der Waals surface area (Å²) in [6.45, 7) is 0. The predicted molar refractivity (Wildman–Crippen MR) is 277 cm³/mol. The minimum absolute atomic E-state index is 0. The molecular formula is C63H39F7IrN7-3. The third-order valence-electron chi connectivity index (χ3n) is 11.9. The van der Waals surface area contributed by atoms with Gasteiger partial charge in [-0.2, -0.15) is 37.4 Å². The molecule has 8 aromatic carbocycles. The SMILES string of the molecule is FC(F)(F)c1cc(-c2ccccn2)[n-]n1.Fc1c[c-]c(-n2[c-][n+](-c3ccc(F)cc3)c(-c3ccccc3)c2-c2ccccc2)cc1.Fc1c[c-]c(-n2[c-][n+](-c3ccc(F)cc3)c(-c3ccccc3)c2-c2ccccc2)cc1.[Ir]. The van der Waals surface area contributed by atoms with Crippen molar-refractivity contribution in [2.24, 2.45) is 0 Å². The molecule has 12 aromatic rings. The first-order chi connectivity index (χ1) is 37.5. The van der Waals surface area contributed by atoms with Crippen LogP contribution in [0.5, 0.6) is 0 Å². The quantitative estimate of drug-likeness (QED) is 0.0822. The van der Waals surface area contributed by atoms with Gasteiger partial charge < -0.3 is 19.3 Å². The molecular weight excluding hydrogens is 1180 g/mol. The smallest absolute Gasteiger partial charge is 0.431 e. The van der Waals surface area contributed by atoms with E-state index in [-0.39, 0.29) is 49.1 Å². The zero-order valence-corrected chi connectivity index (χ0v) is 43.0. The van der Waals surface area contributed by atoms with Crippen LogP contribution in [0.2, 0.25) is 0 Å². The van der Waals surface area contributed by atoms with Gasteiger partial charge in [-0.15, -0.1) is 24.3 Å². The molecule has 0 unspecified atom stereocenters. The van der Waals surface area contributed by atoms with Gasteiger partial charge in [-0.3, -0.25) is 22.9 Å². The van der Waals surface area contributed by atoms with Crippen molar-refractivity contribution >= 4 is 0 Å². The Kier molecular flexibility index (Phi) is 16.6. The van der Waals surface area contributed by atoms with Gasteiger partial charge in [-0.1, -0.05) is 133 Å². The van der Waals surface area contributed by atoms with Crippen LogP contribution in [-0.2, 0) is 26.3 Å². The summed E-state index contributed by atoms with van der Waals surface area (Å²) in [6.07, 6.45) is 3.78. The first-order valence-corrected chi connectivity index (χ1v) is 23.8. The van der Waals surface area contributed by atoms with E-state index in [0.29, 0.717) is 17.1 Å². The molecule has 387 valence electrons. The second kappa shape index (κ2) is 24.1. The third-order valence-corrected chi connectivity index (χ3v) is 11.9. The Morgan fingerprint density at radius 3 is 1.17 bits per heavy atom. The Morgan fingerprint density at radius 2 is 0.821 bits per heavy atom. The molecule has 4 aromatic heterocycles. The Hall–Kier alpha value is -9.30. The summed E-state index contributed by atoms with van der Waals surface area (Å²) in [7, 11) is 0. The van der Waals surface area contributed by atoms with Gasteiger partial charge in [0, 0.05) is 43.6 Å². The van der Waals surface area contributed by atoms with Crippen LogP contribution in [0, 0.1) is 48.1 Å². The molecule has 12 rings (SSSR count). The van der Waals surface area contributed by atoms with Crippen molar-refractivity contribution in [2.75, 3.05) is 0 Å². The Morgan fingerprint density at radius 1 is 0.436 bits per heavy atom. The fourth-order valence-electron chi connectivity index (χ4n) is 8.32. The number of benzene rings is 8. The topological polar surface area (TPSA) is 57.5 Å². The molecule has 1 radical (unpaired) electrons. The fourth-order valence-corrected chi connectivity index (χ4v) is 8.32. The summed E-state index contributed by atoms with van der Waals surface area (Å²) in [5, 5.41) is 6.47. The van der Waals surface area contributed by atoms with Crippen molar-refractivity contribution < 1.29 is 60.0 Å². The molecule has 0 aliphatic rings. The molecule has 15 heteroatoms. The van der Waals surface area contributed by atoms with E-state index in [4.69, 9.17) is 0 Å². The van der Waals surface area contributed by atoms with Gasteiger partial charge in [0.05, 0.1) is 34.2 Å². The van der Waals surface area contributed by atoms with Gasteiger partial charge in [-0.25, -0.2) is 8.78 Å². The number of imidazole rings is 2. The first kappa shape index (κ1) is 53.5. The van der Waals surface area contributed by atoms with E-state index in [2.05, 4.69) is 40.0 Å². The van der Waals surface area contributed by atoms with Gasteiger partial charge in [0.2, 0.25) is 0 Å². The van der Waals surface area contributed by atoms with E-state index in [9.17, 15) is 30.7 Å². The monoisotopic (exact) mass is 1220 g/mol. The van der Waals surface area contributed by atoms with E-state index in [1.807, 2.05) is 140 Å². The standard InChI is InChI=1S/2C27H17F2N2.C9H5F3N3.Ir/c2*28-22-11-15-24(16-12-22)30-19-31(25-17-13-23(29)14-18-25)27(21-9-5-2-6-10-21)26(30)20-7-3-1-4-8-20;10-9(11,12)8-5-7(14-15-8)6-3-1-2-4-13-6;/h2*1-17H;1-5H;/q3*-1;. The van der Waals surface area contributed by atoms with Crippen LogP contribution in [0.1, 0.15) is 5.69 Å². The van der Waals surface area contributed by atoms with Gasteiger partial charge >= 0.3 is 6.18 Å². The molecule has 0 aliphatic carbocycles. The second-order valence-electron chi connectivity index (χ2n) is 17.0. The number of nitrogens with zero attached hydrogens (tertiary/aromatic N) is 7. The van der Waals surface area contributed by atoms with Gasteiger partial charge in [0.15, 0.2) is 0 Å². The van der Waals surface area contributed by atoms with Crippen molar-refractivity contribution in [1.29, 1.82) is 0 Å². The maximum Gasteiger partial charge on any atom is 0.431 e. The van der Waals surface area contributed by atoms with Crippen LogP contribution < -0.4 is 14.2 Å². The largest absolute Gasteiger partial charge is 0.573 e. The van der Waals surface area contributed by atoms with Crippen LogP contribution in [0.15, 0.2) is 237 Å². The first-order valence-electron chi connectivity index (χ1n) is 23.8. The van der Waals surface area contributed by atoms with E-state index >= 15 is 0 Å². The summed E-state index contributed by atoms with van der Waals surface area (Å²) in [4.78, 5) is 3.87. The molecule has 0 amide bonds. The number of pyridine rings is 1. The molecule has 0 saturated carbocycles. The molecule has 0 bridgehead atoms. The van der Waals surface area contributed by atoms with Crippen molar-refractivity contribution in [3.8, 4) is 79.2 Å². The minimum Gasteiger partial charge on any atom is -0.573 e. The summed E-state index contributed by atoms with van der Waals surface area (Å²) >= 11 is 0. The molecule has 7 nitrogen and oxygen atoms in total. The molecule has 4 heterocycles. The summed E-state index contributed by atoms with van der Waals surface area (Å²) < 4.78 is 98.5. The van der Waals surface area contributed by atoms with E-state index in [0.717, 1.165) is 62.5 Å². The van der Waals surface area contributed by atoms with Crippen LogP contribution >= 0.6 is 0 Å². The molecule has 0 saturated heterocycles. The summed E-state index contributed by atoms with van der Waals surface area (Å²) in [5.41, 5.74) is 9.74. The normalized spacial score (nSPS) is 10.9. The Balaban J connectivity index is 0.000000150. The molecule has 0 aliphatic heterocycles. The molecule has 0 spiro atoms. The zero-order chi connectivity index (χ0) is 53.3. The Labute approximate surface area is 457 Å². The van der Waals surface area contributed by atoms with Gasteiger partial charge in [-0.05, 0) is 100 Å². The maximum absolute atomic E-state index is 13.6. The number of hydrogen-bond acceptors (Lipinski definition) is 2. The number of hydrogen-bond donors (Lipinski definition) is 0. The number of rotatable bonds is 9. The second-order valence-corrected chi connectivity index (χ2v) is 17.0. The summed E-state index contributed by atoms with van der Waals surface area (Å²) in [6, 6.07) is 72.9. The minimum atomic E-state index is -4.46. The molecule has 78 heavy (non-hydrogen) atoms. The average Bonchev–Trinajstić information content (AvgIpc) is 4.43. The van der Waals surface area contributed by atoms with Crippen molar-refractivity contribution in [1.82, 2.24) is 24.3 Å². The Bertz CT molecular complexity index is 3420. The van der Waals surface area contributed by atoms with Crippen molar-refractivity contribution in [3.05, 3.63) is 290 Å². The fraction of sp³-hybridized carbons (Fsp3) is 0.0159. The zero-order valence-electron chi connectivity index (χ0n) is 40.6.